The molecule has 4 heteroatoms. The van der Waals surface area contributed by atoms with Gasteiger partial charge in [0.2, 0.25) is 0 Å². The molecule has 2 saturated carbocycles. The molecule has 0 saturated heterocycles. The summed E-state index contributed by atoms with van der Waals surface area (Å²) in [6.07, 6.45) is 12.1. The second-order valence-electron chi connectivity index (χ2n) is 6.65. The Balaban J connectivity index is 1.40. The van der Waals surface area contributed by atoms with E-state index in [1.54, 1.807) is 0 Å². The van der Waals surface area contributed by atoms with Gasteiger partial charge in [0.05, 0.1) is 6.10 Å². The van der Waals surface area contributed by atoms with Crippen LogP contribution >= 0.6 is 0 Å². The summed E-state index contributed by atoms with van der Waals surface area (Å²) in [7, 11) is 1.85. The molecule has 0 radical (unpaired) electrons. The van der Waals surface area contributed by atoms with E-state index in [0.29, 0.717) is 12.1 Å². The summed E-state index contributed by atoms with van der Waals surface area (Å²) >= 11 is 0. The van der Waals surface area contributed by atoms with Crippen LogP contribution in [0.4, 0.5) is 0 Å². The van der Waals surface area contributed by atoms with Gasteiger partial charge in [-0.05, 0) is 44.4 Å². The Kier molecular flexibility index (Phi) is 7.34. The lowest BCUT2D eigenvalue weighted by molar-refractivity contribution is 0.0264. The van der Waals surface area contributed by atoms with Gasteiger partial charge in [0, 0.05) is 26.2 Å². The van der Waals surface area contributed by atoms with Crippen LogP contribution in [0.5, 0.6) is 0 Å². The van der Waals surface area contributed by atoms with Crippen LogP contribution in [-0.2, 0) is 4.74 Å². The van der Waals surface area contributed by atoms with Crippen LogP contribution < -0.4 is 10.6 Å². The normalized spacial score (nSPS) is 26.7. The number of rotatable bonds is 8. The number of nitrogens with zero attached hydrogens (tertiary/aromatic N) is 1. The number of hydrogen-bond acceptors (Lipinski definition) is 2. The molecule has 0 spiro atoms. The molecule has 0 bridgehead atoms. The van der Waals surface area contributed by atoms with E-state index in [1.165, 1.54) is 57.8 Å². The van der Waals surface area contributed by atoms with Gasteiger partial charge in [-0.2, -0.15) is 0 Å². The van der Waals surface area contributed by atoms with E-state index in [0.717, 1.165) is 25.0 Å². The fraction of sp³-hybridized carbons (Fsp3) is 0.941. The van der Waals surface area contributed by atoms with Crippen molar-refractivity contribution >= 4 is 5.96 Å². The molecule has 21 heavy (non-hydrogen) atoms. The first kappa shape index (κ1) is 16.6. The summed E-state index contributed by atoms with van der Waals surface area (Å²) in [4.78, 5) is 4.27. The van der Waals surface area contributed by atoms with Gasteiger partial charge in [-0.25, -0.2) is 0 Å². The predicted octanol–water partition coefficient (Wildman–Crippen LogP) is 3.08. The molecule has 0 amide bonds. The molecule has 2 fully saturated rings. The molecule has 0 heterocycles. The Morgan fingerprint density at radius 1 is 1.14 bits per heavy atom. The van der Waals surface area contributed by atoms with Gasteiger partial charge in [-0.15, -0.1) is 0 Å². The molecule has 2 rings (SSSR count). The van der Waals surface area contributed by atoms with Crippen LogP contribution in [0.25, 0.3) is 0 Å². The zero-order valence-corrected chi connectivity index (χ0v) is 13.9. The fourth-order valence-corrected chi connectivity index (χ4v) is 2.99. The van der Waals surface area contributed by atoms with Gasteiger partial charge >= 0.3 is 0 Å². The predicted molar refractivity (Wildman–Crippen MR) is 88.7 cm³/mol. The molecule has 2 aliphatic rings. The molecule has 2 unspecified atom stereocenters. The average molecular weight is 295 g/mol. The Morgan fingerprint density at radius 2 is 1.90 bits per heavy atom. The van der Waals surface area contributed by atoms with E-state index in [-0.39, 0.29) is 0 Å². The first-order chi connectivity index (χ1) is 10.3. The molecule has 2 N–H and O–H groups in total. The monoisotopic (exact) mass is 295 g/mol. The Bertz CT molecular complexity index is 313. The van der Waals surface area contributed by atoms with Crippen LogP contribution in [0, 0.1) is 5.92 Å². The van der Waals surface area contributed by atoms with Crippen molar-refractivity contribution in [2.24, 2.45) is 10.9 Å². The largest absolute Gasteiger partial charge is 0.378 e. The fourth-order valence-electron chi connectivity index (χ4n) is 2.99. The first-order valence-corrected chi connectivity index (χ1v) is 8.88. The number of hydrogen-bond donors (Lipinski definition) is 2. The van der Waals surface area contributed by atoms with Crippen molar-refractivity contribution < 1.29 is 4.74 Å². The molecular formula is C17H33N3O. The topological polar surface area (TPSA) is 45.7 Å². The maximum Gasteiger partial charge on any atom is 0.191 e. The van der Waals surface area contributed by atoms with Gasteiger partial charge in [-0.1, -0.05) is 26.2 Å². The maximum atomic E-state index is 5.95. The summed E-state index contributed by atoms with van der Waals surface area (Å²) in [6.45, 7) is 4.22. The molecule has 2 aliphatic carbocycles. The minimum atomic E-state index is 0.556. The minimum absolute atomic E-state index is 0.556. The van der Waals surface area contributed by atoms with Gasteiger partial charge in [0.25, 0.3) is 0 Å². The van der Waals surface area contributed by atoms with Crippen molar-refractivity contribution in [3.63, 3.8) is 0 Å². The van der Waals surface area contributed by atoms with E-state index in [1.807, 2.05) is 7.05 Å². The lowest BCUT2D eigenvalue weighted by Gasteiger charge is -2.21. The molecule has 4 nitrogen and oxygen atoms in total. The summed E-state index contributed by atoms with van der Waals surface area (Å²) in [6, 6.07) is 0.639. The standard InChI is InChI=1S/C17H33N3O/c1-14-13-16(14)20-17(18-2)19-11-7-4-8-12-21-15-9-5-3-6-10-15/h14-16H,3-13H2,1-2H3,(H2,18,19,20). The van der Waals surface area contributed by atoms with E-state index < -0.39 is 0 Å². The zero-order valence-electron chi connectivity index (χ0n) is 13.9. The SMILES string of the molecule is CN=C(NCCCCCOC1CCCCC1)NC1CC1C. The number of unbranched alkanes of at least 4 members (excludes halogenated alkanes) is 2. The Hall–Kier alpha value is -0.770. The lowest BCUT2D eigenvalue weighted by Crippen LogP contribution is -2.39. The van der Waals surface area contributed by atoms with E-state index in [2.05, 4.69) is 22.5 Å². The van der Waals surface area contributed by atoms with E-state index >= 15 is 0 Å². The number of nitrogens with one attached hydrogen (secondary N) is 2. The second kappa shape index (κ2) is 9.29. The summed E-state index contributed by atoms with van der Waals surface area (Å²) in [5.74, 6) is 1.77. The highest BCUT2D eigenvalue weighted by atomic mass is 16.5. The van der Waals surface area contributed by atoms with Gasteiger partial charge in [0.15, 0.2) is 5.96 Å². The second-order valence-corrected chi connectivity index (χ2v) is 6.65. The summed E-state index contributed by atoms with van der Waals surface area (Å²) < 4.78 is 5.95. The van der Waals surface area contributed by atoms with Crippen molar-refractivity contribution in [1.29, 1.82) is 0 Å². The van der Waals surface area contributed by atoms with Crippen LogP contribution in [0.1, 0.15) is 64.7 Å². The highest BCUT2D eigenvalue weighted by Gasteiger charge is 2.33. The molecule has 0 aromatic rings. The molecule has 122 valence electrons. The minimum Gasteiger partial charge on any atom is -0.378 e. The van der Waals surface area contributed by atoms with Crippen LogP contribution in [-0.4, -0.2) is 38.3 Å². The summed E-state index contributed by atoms with van der Waals surface area (Å²) in [5, 5.41) is 6.85. The third kappa shape index (κ3) is 6.68. The third-order valence-corrected chi connectivity index (χ3v) is 4.67. The van der Waals surface area contributed by atoms with Gasteiger partial charge < -0.3 is 15.4 Å². The summed E-state index contributed by atoms with van der Waals surface area (Å²) in [5.41, 5.74) is 0. The van der Waals surface area contributed by atoms with Crippen molar-refractivity contribution in [2.45, 2.75) is 76.9 Å². The van der Waals surface area contributed by atoms with Crippen LogP contribution in [0.2, 0.25) is 0 Å². The number of aliphatic imine (C=N–C) groups is 1. The highest BCUT2D eigenvalue weighted by molar-refractivity contribution is 5.80. The van der Waals surface area contributed by atoms with Gasteiger partial charge in [-0.3, -0.25) is 4.99 Å². The van der Waals surface area contributed by atoms with Crippen LogP contribution in [0.3, 0.4) is 0 Å². The molecule has 0 aliphatic heterocycles. The molecule has 0 aromatic carbocycles. The lowest BCUT2D eigenvalue weighted by atomic mass is 9.98. The van der Waals surface area contributed by atoms with Gasteiger partial charge in [0.1, 0.15) is 0 Å². The van der Waals surface area contributed by atoms with E-state index in [9.17, 15) is 0 Å². The average Bonchev–Trinajstić information content (AvgIpc) is 3.21. The van der Waals surface area contributed by atoms with Crippen molar-refractivity contribution in [3.05, 3.63) is 0 Å². The zero-order chi connectivity index (χ0) is 14.9. The quantitative estimate of drug-likeness (QED) is 0.411. The molecular weight excluding hydrogens is 262 g/mol. The first-order valence-electron chi connectivity index (χ1n) is 8.88. The number of guanidine groups is 1. The maximum absolute atomic E-state index is 5.95. The Labute approximate surface area is 130 Å². The van der Waals surface area contributed by atoms with E-state index in [4.69, 9.17) is 4.74 Å². The van der Waals surface area contributed by atoms with Crippen molar-refractivity contribution in [1.82, 2.24) is 10.6 Å². The smallest absolute Gasteiger partial charge is 0.191 e. The van der Waals surface area contributed by atoms with Crippen molar-refractivity contribution in [3.8, 4) is 0 Å². The molecule has 2 atom stereocenters. The molecule has 0 aromatic heterocycles. The number of ether oxygens (including phenoxy) is 1. The van der Waals surface area contributed by atoms with Crippen LogP contribution in [0.15, 0.2) is 4.99 Å². The third-order valence-electron chi connectivity index (χ3n) is 4.67. The van der Waals surface area contributed by atoms with Crippen molar-refractivity contribution in [2.75, 3.05) is 20.2 Å². The Morgan fingerprint density at radius 3 is 2.57 bits per heavy atom. The highest BCUT2D eigenvalue weighted by Crippen LogP contribution is 2.28.